The van der Waals surface area contributed by atoms with Crippen molar-refractivity contribution in [1.29, 1.82) is 5.26 Å². The minimum absolute atomic E-state index is 0.0591. The first-order chi connectivity index (χ1) is 8.91. The number of hydrogen-bond acceptors (Lipinski definition) is 4. The van der Waals surface area contributed by atoms with E-state index < -0.39 is 0 Å². The number of rotatable bonds is 2. The predicted octanol–water partition coefficient (Wildman–Crippen LogP) is 1.30. The first-order valence-electron chi connectivity index (χ1n) is 6.32. The van der Waals surface area contributed by atoms with Gasteiger partial charge in [0.05, 0.1) is 23.5 Å². The van der Waals surface area contributed by atoms with Crippen LogP contribution in [0.25, 0.3) is 0 Å². The van der Waals surface area contributed by atoms with E-state index in [4.69, 9.17) is 5.26 Å². The summed E-state index contributed by atoms with van der Waals surface area (Å²) in [5, 5.41) is 12.0. The number of aromatic nitrogens is 1. The summed E-state index contributed by atoms with van der Waals surface area (Å²) in [6.45, 7) is 7.14. The minimum Gasteiger partial charge on any atom is -0.365 e. The van der Waals surface area contributed by atoms with Crippen LogP contribution in [0.3, 0.4) is 0 Å². The molecular formula is C14H18N4O. The van der Waals surface area contributed by atoms with Crippen LogP contribution < -0.4 is 10.2 Å². The van der Waals surface area contributed by atoms with Gasteiger partial charge in [0, 0.05) is 24.7 Å². The lowest BCUT2D eigenvalue weighted by atomic mass is 9.94. The van der Waals surface area contributed by atoms with Gasteiger partial charge in [-0.15, -0.1) is 0 Å². The van der Waals surface area contributed by atoms with Gasteiger partial charge in [-0.1, -0.05) is 20.8 Å². The zero-order valence-electron chi connectivity index (χ0n) is 11.5. The molecule has 1 aromatic heterocycles. The molecule has 0 atom stereocenters. The van der Waals surface area contributed by atoms with Crippen LogP contribution in [0.15, 0.2) is 18.5 Å². The summed E-state index contributed by atoms with van der Waals surface area (Å²) >= 11 is 0. The molecule has 1 fully saturated rings. The van der Waals surface area contributed by atoms with Crippen LogP contribution in [0, 0.1) is 16.7 Å². The molecule has 1 N–H and O–H groups in total. The lowest BCUT2D eigenvalue weighted by Crippen LogP contribution is -2.61. The Morgan fingerprint density at radius 1 is 1.53 bits per heavy atom. The number of carbonyl (C=O) groups excluding carboxylic acids is 1. The van der Waals surface area contributed by atoms with Gasteiger partial charge in [-0.25, -0.2) is 0 Å². The van der Waals surface area contributed by atoms with E-state index in [9.17, 15) is 4.79 Å². The lowest BCUT2D eigenvalue weighted by Gasteiger charge is -2.42. The van der Waals surface area contributed by atoms with Crippen molar-refractivity contribution in [3.8, 4) is 6.07 Å². The molecule has 5 nitrogen and oxygen atoms in total. The third-order valence-corrected chi connectivity index (χ3v) is 3.16. The summed E-state index contributed by atoms with van der Waals surface area (Å²) in [6.07, 6.45) is 3.31. The molecule has 5 heteroatoms. The summed E-state index contributed by atoms with van der Waals surface area (Å²) < 4.78 is 0. The number of nitrogens with zero attached hydrogens (tertiary/aromatic N) is 3. The molecule has 1 aliphatic heterocycles. The van der Waals surface area contributed by atoms with Crippen molar-refractivity contribution in [2.45, 2.75) is 26.8 Å². The maximum atomic E-state index is 11.8. The van der Waals surface area contributed by atoms with Crippen LogP contribution in [0.1, 0.15) is 26.3 Å². The van der Waals surface area contributed by atoms with Crippen molar-refractivity contribution in [3.05, 3.63) is 24.0 Å². The van der Waals surface area contributed by atoms with Gasteiger partial charge in [-0.05, 0) is 6.07 Å². The van der Waals surface area contributed by atoms with Crippen LogP contribution in [0.2, 0.25) is 0 Å². The molecule has 0 aromatic carbocycles. The molecule has 0 bridgehead atoms. The Kier molecular flexibility index (Phi) is 3.43. The van der Waals surface area contributed by atoms with Gasteiger partial charge in [0.2, 0.25) is 5.91 Å². The number of nitrogens with one attached hydrogen (secondary N) is 1. The van der Waals surface area contributed by atoms with E-state index in [1.54, 1.807) is 18.5 Å². The van der Waals surface area contributed by atoms with E-state index in [0.717, 1.165) is 18.8 Å². The standard InChI is InChI=1S/C14H18N4O/c1-14(2,3)13(19)17-11-8-18(9-11)12-7-16-5-4-10(12)6-15/h4-5,7,11H,8-9H2,1-3H3,(H,17,19). The summed E-state index contributed by atoms with van der Waals surface area (Å²) in [4.78, 5) is 17.9. The first-order valence-corrected chi connectivity index (χ1v) is 6.32. The maximum absolute atomic E-state index is 11.8. The van der Waals surface area contributed by atoms with Crippen LogP contribution in [0.4, 0.5) is 5.69 Å². The second-order valence-electron chi connectivity index (χ2n) is 5.83. The van der Waals surface area contributed by atoms with E-state index in [2.05, 4.69) is 21.3 Å². The highest BCUT2D eigenvalue weighted by Crippen LogP contribution is 2.24. The van der Waals surface area contributed by atoms with E-state index in [1.165, 1.54) is 0 Å². The highest BCUT2D eigenvalue weighted by Gasteiger charge is 2.32. The molecule has 1 amide bonds. The predicted molar refractivity (Wildman–Crippen MR) is 72.6 cm³/mol. The largest absolute Gasteiger partial charge is 0.365 e. The summed E-state index contributed by atoms with van der Waals surface area (Å²) in [7, 11) is 0. The second kappa shape index (κ2) is 4.88. The molecule has 100 valence electrons. The molecule has 0 spiro atoms. The third-order valence-electron chi connectivity index (χ3n) is 3.16. The van der Waals surface area contributed by atoms with Crippen molar-refractivity contribution in [3.63, 3.8) is 0 Å². The normalized spacial score (nSPS) is 15.6. The quantitative estimate of drug-likeness (QED) is 0.868. The van der Waals surface area contributed by atoms with E-state index in [0.29, 0.717) is 5.56 Å². The molecule has 2 heterocycles. The second-order valence-corrected chi connectivity index (χ2v) is 5.83. The Balaban J connectivity index is 1.94. The fourth-order valence-electron chi connectivity index (χ4n) is 1.90. The third kappa shape index (κ3) is 2.84. The van der Waals surface area contributed by atoms with Gasteiger partial charge in [-0.3, -0.25) is 9.78 Å². The lowest BCUT2D eigenvalue weighted by molar-refractivity contribution is -0.129. The zero-order valence-corrected chi connectivity index (χ0v) is 11.5. The molecule has 1 aromatic rings. The molecule has 0 saturated carbocycles. The average Bonchev–Trinajstić information content (AvgIpc) is 2.31. The van der Waals surface area contributed by atoms with Gasteiger partial charge in [0.25, 0.3) is 0 Å². The number of amides is 1. The molecule has 0 aliphatic carbocycles. The van der Waals surface area contributed by atoms with Gasteiger partial charge in [0.1, 0.15) is 6.07 Å². The van der Waals surface area contributed by atoms with Crippen molar-refractivity contribution >= 4 is 11.6 Å². The fourth-order valence-corrected chi connectivity index (χ4v) is 1.90. The van der Waals surface area contributed by atoms with Crippen LogP contribution in [-0.4, -0.2) is 30.0 Å². The van der Waals surface area contributed by atoms with Crippen molar-refractivity contribution in [1.82, 2.24) is 10.3 Å². The SMILES string of the molecule is CC(C)(C)C(=O)NC1CN(c2cnccc2C#N)C1. The number of pyridine rings is 1. The van der Waals surface area contributed by atoms with E-state index in [1.807, 2.05) is 20.8 Å². The summed E-state index contributed by atoms with van der Waals surface area (Å²) in [6, 6.07) is 4.01. The number of hydrogen-bond donors (Lipinski definition) is 1. The molecule has 0 radical (unpaired) electrons. The Hall–Kier alpha value is -2.09. The average molecular weight is 258 g/mol. The molecule has 1 saturated heterocycles. The summed E-state index contributed by atoms with van der Waals surface area (Å²) in [5.74, 6) is 0.0591. The fraction of sp³-hybridized carbons (Fsp3) is 0.500. The topological polar surface area (TPSA) is 69.0 Å². The van der Waals surface area contributed by atoms with Gasteiger partial charge < -0.3 is 10.2 Å². The van der Waals surface area contributed by atoms with Crippen LogP contribution in [-0.2, 0) is 4.79 Å². The van der Waals surface area contributed by atoms with Crippen molar-refractivity contribution in [2.24, 2.45) is 5.41 Å². The highest BCUT2D eigenvalue weighted by molar-refractivity contribution is 5.82. The molecule has 2 rings (SSSR count). The van der Waals surface area contributed by atoms with Gasteiger partial charge in [0.15, 0.2) is 0 Å². The molecule has 0 unspecified atom stereocenters. The maximum Gasteiger partial charge on any atom is 0.225 e. The number of anilines is 1. The van der Waals surface area contributed by atoms with E-state index >= 15 is 0 Å². The van der Waals surface area contributed by atoms with Gasteiger partial charge >= 0.3 is 0 Å². The van der Waals surface area contributed by atoms with Crippen LogP contribution in [0.5, 0.6) is 0 Å². The van der Waals surface area contributed by atoms with Crippen LogP contribution >= 0.6 is 0 Å². The molecular weight excluding hydrogens is 240 g/mol. The smallest absolute Gasteiger partial charge is 0.225 e. The Bertz CT molecular complexity index is 521. The van der Waals surface area contributed by atoms with Gasteiger partial charge in [-0.2, -0.15) is 5.26 Å². The minimum atomic E-state index is -0.369. The number of carbonyl (C=O) groups is 1. The van der Waals surface area contributed by atoms with Crippen molar-refractivity contribution in [2.75, 3.05) is 18.0 Å². The Labute approximate surface area is 113 Å². The van der Waals surface area contributed by atoms with E-state index in [-0.39, 0.29) is 17.4 Å². The Morgan fingerprint density at radius 2 is 2.21 bits per heavy atom. The van der Waals surface area contributed by atoms with Crippen molar-refractivity contribution < 1.29 is 4.79 Å². The number of nitriles is 1. The Morgan fingerprint density at radius 3 is 2.79 bits per heavy atom. The molecule has 1 aliphatic rings. The zero-order chi connectivity index (χ0) is 14.0. The monoisotopic (exact) mass is 258 g/mol. The molecule has 19 heavy (non-hydrogen) atoms. The highest BCUT2D eigenvalue weighted by atomic mass is 16.2. The summed E-state index contributed by atoms with van der Waals surface area (Å²) in [5.41, 5.74) is 1.09. The first kappa shape index (κ1) is 13.3.